The topological polar surface area (TPSA) is 89.5 Å². The maximum absolute atomic E-state index is 13.1. The molecular formula is C16H17ClFN5O3. The average Bonchev–Trinajstić information content (AvgIpc) is 2.66. The van der Waals surface area contributed by atoms with Crippen LogP contribution in [-0.2, 0) is 11.3 Å². The van der Waals surface area contributed by atoms with Gasteiger partial charge in [-0.2, -0.15) is 15.0 Å². The summed E-state index contributed by atoms with van der Waals surface area (Å²) in [5.41, 5.74) is 0.169. The fourth-order valence-electron chi connectivity index (χ4n) is 2.39. The van der Waals surface area contributed by atoms with Gasteiger partial charge in [-0.1, -0.05) is 11.6 Å². The molecule has 0 radical (unpaired) electrons. The molecule has 2 heterocycles. The van der Waals surface area contributed by atoms with Crippen LogP contribution < -0.4 is 15.0 Å². The SMILES string of the molecule is COc1nc(CNC(=O)c2ccc(F)cc2Cl)nc(N2CCOCC2)n1. The Balaban J connectivity index is 1.73. The second kappa shape index (κ2) is 8.24. The van der Waals surface area contributed by atoms with Gasteiger partial charge in [-0.3, -0.25) is 4.79 Å². The van der Waals surface area contributed by atoms with Crippen molar-refractivity contribution in [1.29, 1.82) is 0 Å². The highest BCUT2D eigenvalue weighted by atomic mass is 35.5. The Labute approximate surface area is 154 Å². The summed E-state index contributed by atoms with van der Waals surface area (Å²) in [6, 6.07) is 3.73. The van der Waals surface area contributed by atoms with E-state index in [2.05, 4.69) is 20.3 Å². The average molecular weight is 382 g/mol. The van der Waals surface area contributed by atoms with Gasteiger partial charge in [0.25, 0.3) is 5.91 Å². The van der Waals surface area contributed by atoms with Crippen molar-refractivity contribution in [2.45, 2.75) is 6.54 Å². The molecule has 1 aliphatic heterocycles. The van der Waals surface area contributed by atoms with Crippen LogP contribution in [-0.4, -0.2) is 54.3 Å². The molecule has 1 fully saturated rings. The number of carbonyl (C=O) groups is 1. The van der Waals surface area contributed by atoms with Gasteiger partial charge in [-0.05, 0) is 18.2 Å². The number of methoxy groups -OCH3 is 1. The van der Waals surface area contributed by atoms with Crippen LogP contribution in [0.2, 0.25) is 5.02 Å². The molecule has 0 unspecified atom stereocenters. The van der Waals surface area contributed by atoms with Crippen molar-refractivity contribution in [2.75, 3.05) is 38.3 Å². The fourth-order valence-corrected chi connectivity index (χ4v) is 2.64. The van der Waals surface area contributed by atoms with E-state index < -0.39 is 11.7 Å². The molecule has 1 saturated heterocycles. The minimum atomic E-state index is -0.510. The van der Waals surface area contributed by atoms with E-state index in [9.17, 15) is 9.18 Å². The van der Waals surface area contributed by atoms with Gasteiger partial charge < -0.3 is 19.7 Å². The third kappa shape index (κ3) is 4.36. The number of hydrogen-bond acceptors (Lipinski definition) is 7. The first kappa shape index (κ1) is 18.3. The summed E-state index contributed by atoms with van der Waals surface area (Å²) in [6.45, 7) is 2.53. The largest absolute Gasteiger partial charge is 0.467 e. The Morgan fingerprint density at radius 2 is 2.12 bits per heavy atom. The van der Waals surface area contributed by atoms with Crippen molar-refractivity contribution in [1.82, 2.24) is 20.3 Å². The van der Waals surface area contributed by atoms with E-state index in [0.717, 1.165) is 6.07 Å². The lowest BCUT2D eigenvalue weighted by molar-refractivity contribution is 0.0949. The summed E-state index contributed by atoms with van der Waals surface area (Å²) >= 11 is 5.90. The molecule has 138 valence electrons. The van der Waals surface area contributed by atoms with Gasteiger partial charge in [0.2, 0.25) is 5.95 Å². The smallest absolute Gasteiger partial charge is 0.321 e. The zero-order valence-electron chi connectivity index (χ0n) is 14.0. The van der Waals surface area contributed by atoms with Gasteiger partial charge in [-0.25, -0.2) is 4.39 Å². The van der Waals surface area contributed by atoms with Crippen LogP contribution in [0.3, 0.4) is 0 Å². The quantitative estimate of drug-likeness (QED) is 0.838. The maximum atomic E-state index is 13.1. The maximum Gasteiger partial charge on any atom is 0.321 e. The molecule has 3 rings (SSSR count). The normalized spacial score (nSPS) is 14.2. The molecule has 1 aromatic carbocycles. The second-order valence-corrected chi connectivity index (χ2v) is 5.85. The number of rotatable bonds is 5. The summed E-state index contributed by atoms with van der Waals surface area (Å²) < 4.78 is 23.5. The third-order valence-corrected chi connectivity index (χ3v) is 4.02. The van der Waals surface area contributed by atoms with Crippen molar-refractivity contribution >= 4 is 23.5 Å². The molecule has 0 saturated carbocycles. The highest BCUT2D eigenvalue weighted by Crippen LogP contribution is 2.17. The summed E-state index contributed by atoms with van der Waals surface area (Å²) in [5, 5.41) is 2.69. The number of nitrogens with zero attached hydrogens (tertiary/aromatic N) is 4. The lowest BCUT2D eigenvalue weighted by atomic mass is 10.2. The number of anilines is 1. The van der Waals surface area contributed by atoms with Crippen LogP contribution >= 0.6 is 11.6 Å². The molecule has 1 amide bonds. The highest BCUT2D eigenvalue weighted by molar-refractivity contribution is 6.33. The second-order valence-electron chi connectivity index (χ2n) is 5.44. The Kier molecular flexibility index (Phi) is 5.79. The Morgan fingerprint density at radius 1 is 1.35 bits per heavy atom. The van der Waals surface area contributed by atoms with E-state index in [1.807, 2.05) is 4.90 Å². The molecule has 8 nitrogen and oxygen atoms in total. The molecule has 0 bridgehead atoms. The van der Waals surface area contributed by atoms with Crippen LogP contribution in [0.1, 0.15) is 16.2 Å². The van der Waals surface area contributed by atoms with E-state index in [1.54, 1.807) is 0 Å². The van der Waals surface area contributed by atoms with Crippen LogP contribution in [0, 0.1) is 5.82 Å². The molecule has 0 atom stereocenters. The number of hydrogen-bond donors (Lipinski definition) is 1. The number of morpholine rings is 1. The number of halogens is 2. The number of nitrogens with one attached hydrogen (secondary N) is 1. The van der Waals surface area contributed by atoms with Crippen LogP contribution in [0.5, 0.6) is 6.01 Å². The predicted octanol–water partition coefficient (Wildman–Crippen LogP) is 1.44. The van der Waals surface area contributed by atoms with E-state index >= 15 is 0 Å². The first-order valence-corrected chi connectivity index (χ1v) is 8.29. The van der Waals surface area contributed by atoms with Gasteiger partial charge in [0.1, 0.15) is 5.82 Å². The monoisotopic (exact) mass is 381 g/mol. The molecule has 0 aliphatic carbocycles. The minimum absolute atomic E-state index is 0.0322. The first-order chi connectivity index (χ1) is 12.6. The fraction of sp³-hybridized carbons (Fsp3) is 0.375. The van der Waals surface area contributed by atoms with Gasteiger partial charge in [0.15, 0.2) is 5.82 Å². The molecule has 1 aliphatic rings. The van der Waals surface area contributed by atoms with Crippen LogP contribution in [0.25, 0.3) is 0 Å². The zero-order chi connectivity index (χ0) is 18.5. The standard InChI is InChI=1S/C16H17ClFN5O3/c1-25-16-21-13(20-15(22-16)23-4-6-26-7-5-23)9-19-14(24)11-3-2-10(18)8-12(11)17/h2-3,8H,4-7,9H2,1H3,(H,19,24). The van der Waals surface area contributed by atoms with Gasteiger partial charge in [0, 0.05) is 13.1 Å². The van der Waals surface area contributed by atoms with Gasteiger partial charge in [0.05, 0.1) is 37.5 Å². The van der Waals surface area contributed by atoms with E-state index in [4.69, 9.17) is 21.1 Å². The third-order valence-electron chi connectivity index (χ3n) is 3.71. The Hall–Kier alpha value is -2.52. The molecule has 1 N–H and O–H groups in total. The number of benzene rings is 1. The first-order valence-electron chi connectivity index (χ1n) is 7.91. The van der Waals surface area contributed by atoms with Gasteiger partial charge >= 0.3 is 6.01 Å². The lowest BCUT2D eigenvalue weighted by Gasteiger charge is -2.26. The van der Waals surface area contributed by atoms with Gasteiger partial charge in [-0.15, -0.1) is 0 Å². The van der Waals surface area contributed by atoms with E-state index in [0.29, 0.717) is 38.1 Å². The molecule has 2 aromatic rings. The van der Waals surface area contributed by atoms with E-state index in [-0.39, 0.29) is 23.1 Å². The van der Waals surface area contributed by atoms with Crippen LogP contribution in [0.15, 0.2) is 18.2 Å². The molecule has 1 aromatic heterocycles. The summed E-state index contributed by atoms with van der Waals surface area (Å²) in [4.78, 5) is 26.9. The number of amides is 1. The summed E-state index contributed by atoms with van der Waals surface area (Å²) in [6.07, 6.45) is 0. The van der Waals surface area contributed by atoms with Crippen LogP contribution in [0.4, 0.5) is 10.3 Å². The van der Waals surface area contributed by atoms with Crippen molar-refractivity contribution < 1.29 is 18.7 Å². The summed E-state index contributed by atoms with van der Waals surface area (Å²) in [5.74, 6) is -0.166. The molecule has 26 heavy (non-hydrogen) atoms. The highest BCUT2D eigenvalue weighted by Gasteiger charge is 2.18. The number of ether oxygens (including phenoxy) is 2. The van der Waals surface area contributed by atoms with Crippen molar-refractivity contribution in [2.24, 2.45) is 0 Å². The molecule has 10 heteroatoms. The lowest BCUT2D eigenvalue weighted by Crippen LogP contribution is -2.37. The Bertz CT molecular complexity index is 801. The van der Waals surface area contributed by atoms with Crippen molar-refractivity contribution in [3.8, 4) is 6.01 Å². The molecular weight excluding hydrogens is 365 g/mol. The van der Waals surface area contributed by atoms with Crippen molar-refractivity contribution in [3.05, 3.63) is 40.4 Å². The minimum Gasteiger partial charge on any atom is -0.467 e. The predicted molar refractivity (Wildman–Crippen MR) is 92.0 cm³/mol. The number of aromatic nitrogens is 3. The molecule has 0 spiro atoms. The van der Waals surface area contributed by atoms with Crippen molar-refractivity contribution in [3.63, 3.8) is 0 Å². The number of carbonyl (C=O) groups excluding carboxylic acids is 1. The summed E-state index contributed by atoms with van der Waals surface area (Å²) in [7, 11) is 1.46. The zero-order valence-corrected chi connectivity index (χ0v) is 14.8. The Morgan fingerprint density at radius 3 is 2.81 bits per heavy atom. The van der Waals surface area contributed by atoms with E-state index in [1.165, 1.54) is 19.2 Å².